The van der Waals surface area contributed by atoms with Crippen molar-refractivity contribution in [2.24, 2.45) is 5.92 Å². The number of carbonyl (C=O) groups excluding carboxylic acids is 1. The van der Waals surface area contributed by atoms with Gasteiger partial charge in [-0.1, -0.05) is 18.2 Å². The van der Waals surface area contributed by atoms with Gasteiger partial charge in [-0.3, -0.25) is 0 Å². The molecule has 132 valence electrons. The normalized spacial score (nSPS) is 25.3. The molecule has 0 radical (unpaired) electrons. The quantitative estimate of drug-likeness (QED) is 0.823. The predicted molar refractivity (Wildman–Crippen MR) is 92.0 cm³/mol. The fourth-order valence-corrected chi connectivity index (χ4v) is 3.79. The topological polar surface area (TPSA) is 65.0 Å². The van der Waals surface area contributed by atoms with Gasteiger partial charge in [-0.2, -0.15) is 0 Å². The predicted octanol–water partition coefficient (Wildman–Crippen LogP) is 1.29. The molecule has 6 heteroatoms. The van der Waals surface area contributed by atoms with E-state index in [4.69, 9.17) is 4.74 Å². The molecule has 1 atom stereocenters. The second kappa shape index (κ2) is 7.85. The molecule has 2 amide bonds. The number of amides is 2. The number of aliphatic hydroxyl groups is 1. The summed E-state index contributed by atoms with van der Waals surface area (Å²) in [6, 6.07) is 7.79. The van der Waals surface area contributed by atoms with Gasteiger partial charge in [0.25, 0.3) is 0 Å². The van der Waals surface area contributed by atoms with Crippen LogP contribution < -0.4 is 10.1 Å². The number of aliphatic hydroxyl groups excluding tert-OH is 1. The highest BCUT2D eigenvalue weighted by atomic mass is 16.5. The van der Waals surface area contributed by atoms with Crippen LogP contribution in [0.25, 0.3) is 0 Å². The highest BCUT2D eigenvalue weighted by Gasteiger charge is 2.35. The van der Waals surface area contributed by atoms with E-state index in [2.05, 4.69) is 10.2 Å². The number of rotatable bonds is 6. The summed E-state index contributed by atoms with van der Waals surface area (Å²) in [4.78, 5) is 16.8. The Balaban J connectivity index is 1.65. The van der Waals surface area contributed by atoms with Crippen molar-refractivity contribution in [1.29, 1.82) is 0 Å². The van der Waals surface area contributed by atoms with E-state index in [1.54, 1.807) is 12.0 Å². The molecule has 3 heterocycles. The second-order valence-electron chi connectivity index (χ2n) is 6.65. The zero-order valence-electron chi connectivity index (χ0n) is 14.3. The number of carbonyl (C=O) groups is 1. The molecule has 3 saturated heterocycles. The number of ether oxygens (including phenoxy) is 1. The number of benzene rings is 1. The molecular weight excluding hydrogens is 306 g/mol. The van der Waals surface area contributed by atoms with Crippen LogP contribution in [0.4, 0.5) is 4.79 Å². The summed E-state index contributed by atoms with van der Waals surface area (Å²) in [6.07, 6.45) is 2.33. The third kappa shape index (κ3) is 3.82. The molecule has 3 aliphatic rings. The molecule has 0 saturated carbocycles. The van der Waals surface area contributed by atoms with Crippen molar-refractivity contribution in [3.8, 4) is 5.75 Å². The maximum Gasteiger partial charge on any atom is 0.318 e. The number of piperidine rings is 3. The summed E-state index contributed by atoms with van der Waals surface area (Å²) in [6.45, 7) is 3.93. The van der Waals surface area contributed by atoms with E-state index >= 15 is 0 Å². The Morgan fingerprint density at radius 1 is 1.38 bits per heavy atom. The molecule has 1 unspecified atom stereocenters. The average Bonchev–Trinajstić information content (AvgIpc) is 2.62. The standard InChI is InChI=1S/C18H27N3O3/c1-24-17-5-3-2-4-15(17)12-21(10-11-22)18(23)19-16-13-20-8-6-14(16)7-9-20/h2-5,14,16,22H,6-13H2,1H3,(H,19,23). The summed E-state index contributed by atoms with van der Waals surface area (Å²) in [5.74, 6) is 1.34. The van der Waals surface area contributed by atoms with Crippen LogP contribution in [0.15, 0.2) is 24.3 Å². The summed E-state index contributed by atoms with van der Waals surface area (Å²) in [7, 11) is 1.63. The van der Waals surface area contributed by atoms with Crippen molar-refractivity contribution in [3.63, 3.8) is 0 Å². The average molecular weight is 333 g/mol. The van der Waals surface area contributed by atoms with E-state index in [9.17, 15) is 9.90 Å². The lowest BCUT2D eigenvalue weighted by Gasteiger charge is -2.45. The zero-order valence-corrected chi connectivity index (χ0v) is 14.3. The van der Waals surface area contributed by atoms with Crippen LogP contribution in [-0.4, -0.2) is 66.9 Å². The van der Waals surface area contributed by atoms with Crippen LogP contribution in [0, 0.1) is 5.92 Å². The molecular formula is C18H27N3O3. The minimum atomic E-state index is -0.103. The van der Waals surface area contributed by atoms with Crippen molar-refractivity contribution in [2.45, 2.75) is 25.4 Å². The third-order valence-electron chi connectivity index (χ3n) is 5.18. The monoisotopic (exact) mass is 333 g/mol. The van der Waals surface area contributed by atoms with Crippen molar-refractivity contribution >= 4 is 6.03 Å². The van der Waals surface area contributed by atoms with Crippen LogP contribution >= 0.6 is 0 Å². The van der Waals surface area contributed by atoms with Gasteiger partial charge in [0.05, 0.1) is 20.3 Å². The Labute approximate surface area is 143 Å². The molecule has 0 spiro atoms. The van der Waals surface area contributed by atoms with Gasteiger partial charge < -0.3 is 25.0 Å². The number of fused-ring (bicyclic) bond motifs is 3. The summed E-state index contributed by atoms with van der Waals surface area (Å²) >= 11 is 0. The van der Waals surface area contributed by atoms with Gasteiger partial charge in [-0.05, 0) is 37.9 Å². The van der Waals surface area contributed by atoms with Gasteiger partial charge in [0.15, 0.2) is 0 Å². The van der Waals surface area contributed by atoms with Crippen LogP contribution in [0.5, 0.6) is 5.75 Å². The lowest BCUT2D eigenvalue weighted by molar-refractivity contribution is 0.0718. The Morgan fingerprint density at radius 3 is 2.75 bits per heavy atom. The molecule has 2 bridgehead atoms. The van der Waals surface area contributed by atoms with Gasteiger partial charge in [0, 0.05) is 24.7 Å². The van der Waals surface area contributed by atoms with Crippen molar-refractivity contribution in [3.05, 3.63) is 29.8 Å². The molecule has 1 aromatic rings. The molecule has 1 aromatic carbocycles. The number of nitrogens with zero attached hydrogens (tertiary/aromatic N) is 2. The van der Waals surface area contributed by atoms with E-state index in [1.165, 1.54) is 0 Å². The third-order valence-corrected chi connectivity index (χ3v) is 5.18. The van der Waals surface area contributed by atoms with Crippen molar-refractivity contribution in [1.82, 2.24) is 15.1 Å². The number of hydrogen-bond acceptors (Lipinski definition) is 4. The lowest BCUT2D eigenvalue weighted by atomic mass is 9.84. The van der Waals surface area contributed by atoms with Gasteiger partial charge in [-0.15, -0.1) is 0 Å². The highest BCUT2D eigenvalue weighted by Crippen LogP contribution is 2.27. The van der Waals surface area contributed by atoms with Crippen LogP contribution in [0.1, 0.15) is 18.4 Å². The molecule has 4 rings (SSSR count). The van der Waals surface area contributed by atoms with E-state index in [0.717, 1.165) is 43.8 Å². The van der Waals surface area contributed by atoms with E-state index < -0.39 is 0 Å². The number of hydrogen-bond donors (Lipinski definition) is 2. The largest absolute Gasteiger partial charge is 0.496 e. The van der Waals surface area contributed by atoms with Crippen LogP contribution in [0.2, 0.25) is 0 Å². The maximum absolute atomic E-state index is 12.7. The Hall–Kier alpha value is -1.79. The Morgan fingerprint density at radius 2 is 2.12 bits per heavy atom. The number of nitrogens with one attached hydrogen (secondary N) is 1. The first kappa shape index (κ1) is 17.0. The van der Waals surface area contributed by atoms with Gasteiger partial charge in [0.1, 0.15) is 5.75 Å². The number of para-hydroxylation sites is 1. The van der Waals surface area contributed by atoms with Crippen LogP contribution in [0.3, 0.4) is 0 Å². The van der Waals surface area contributed by atoms with Gasteiger partial charge >= 0.3 is 6.03 Å². The highest BCUT2D eigenvalue weighted by molar-refractivity contribution is 5.74. The van der Waals surface area contributed by atoms with Gasteiger partial charge in [-0.25, -0.2) is 4.79 Å². The maximum atomic E-state index is 12.7. The molecule has 3 aliphatic heterocycles. The molecule has 0 aliphatic carbocycles. The van der Waals surface area contributed by atoms with E-state index in [1.807, 2.05) is 24.3 Å². The summed E-state index contributed by atoms with van der Waals surface area (Å²) in [5.41, 5.74) is 0.942. The van der Waals surface area contributed by atoms with Crippen molar-refractivity contribution < 1.29 is 14.6 Å². The Bertz CT molecular complexity index is 558. The molecule has 2 N–H and O–H groups in total. The van der Waals surface area contributed by atoms with Crippen molar-refractivity contribution in [2.75, 3.05) is 39.9 Å². The fraction of sp³-hybridized carbons (Fsp3) is 0.611. The summed E-state index contributed by atoms with van der Waals surface area (Å²) < 4.78 is 5.37. The SMILES string of the molecule is COc1ccccc1CN(CCO)C(=O)NC1CN2CCC1CC2. The fourth-order valence-electron chi connectivity index (χ4n) is 3.79. The number of urea groups is 1. The molecule has 6 nitrogen and oxygen atoms in total. The van der Waals surface area contributed by atoms with E-state index in [-0.39, 0.29) is 18.7 Å². The lowest BCUT2D eigenvalue weighted by Crippen LogP contribution is -2.59. The first-order valence-electron chi connectivity index (χ1n) is 8.72. The van der Waals surface area contributed by atoms with E-state index in [0.29, 0.717) is 19.0 Å². The second-order valence-corrected chi connectivity index (χ2v) is 6.65. The summed E-state index contributed by atoms with van der Waals surface area (Å²) in [5, 5.41) is 12.5. The first-order valence-corrected chi connectivity index (χ1v) is 8.72. The van der Waals surface area contributed by atoms with Crippen LogP contribution in [-0.2, 0) is 6.54 Å². The minimum absolute atomic E-state index is 0.0528. The van der Waals surface area contributed by atoms with Gasteiger partial charge in [0.2, 0.25) is 0 Å². The minimum Gasteiger partial charge on any atom is -0.496 e. The Kier molecular flexibility index (Phi) is 5.58. The smallest absolute Gasteiger partial charge is 0.318 e. The molecule has 24 heavy (non-hydrogen) atoms. The zero-order chi connectivity index (χ0) is 16.9. The molecule has 3 fully saturated rings. The first-order chi connectivity index (χ1) is 11.7. The number of methoxy groups -OCH3 is 1. The molecule has 0 aromatic heterocycles.